The van der Waals surface area contributed by atoms with Gasteiger partial charge in [-0.15, -0.1) is 13.2 Å². The van der Waals surface area contributed by atoms with Crippen molar-refractivity contribution in [2.45, 2.75) is 45.1 Å². The second kappa shape index (κ2) is 8.27. The third kappa shape index (κ3) is 7.11. The van der Waals surface area contributed by atoms with Crippen LogP contribution < -0.4 is 9.46 Å². The number of nitrogens with one attached hydrogen (secondary N) is 1. The molecule has 142 valence electrons. The summed E-state index contributed by atoms with van der Waals surface area (Å²) in [6.07, 6.45) is -0.507. The number of benzene rings is 1. The minimum Gasteiger partial charge on any atom is -0.404 e. The van der Waals surface area contributed by atoms with Gasteiger partial charge in [0.25, 0.3) is 0 Å². The highest BCUT2D eigenvalue weighted by atomic mass is 32.2. The number of ether oxygens (including phenoxy) is 2. The highest BCUT2D eigenvalue weighted by molar-refractivity contribution is 7.92. The largest absolute Gasteiger partial charge is 0.573 e. The topological polar surface area (TPSA) is 64.6 Å². The summed E-state index contributed by atoms with van der Waals surface area (Å²) in [5.41, 5.74) is -0.247. The van der Waals surface area contributed by atoms with Crippen LogP contribution in [0.5, 0.6) is 5.75 Å². The molecule has 0 amide bonds. The van der Waals surface area contributed by atoms with Gasteiger partial charge in [0.1, 0.15) is 0 Å². The van der Waals surface area contributed by atoms with E-state index in [0.29, 0.717) is 6.61 Å². The summed E-state index contributed by atoms with van der Waals surface area (Å²) in [4.78, 5) is 0. The van der Waals surface area contributed by atoms with Crippen LogP contribution in [0.1, 0.15) is 32.6 Å². The molecule has 0 unspecified atom stereocenters. The second-order valence-electron chi connectivity index (χ2n) is 6.27. The Morgan fingerprint density at radius 2 is 1.88 bits per heavy atom. The highest BCUT2D eigenvalue weighted by Crippen LogP contribution is 2.30. The lowest BCUT2D eigenvalue weighted by molar-refractivity contribution is -0.274. The van der Waals surface area contributed by atoms with Crippen LogP contribution >= 0.6 is 0 Å². The van der Waals surface area contributed by atoms with Crippen LogP contribution in [-0.4, -0.2) is 33.2 Å². The average Bonchev–Trinajstić information content (AvgIpc) is 2.98. The summed E-state index contributed by atoms with van der Waals surface area (Å²) in [5, 5.41) is 0. The zero-order valence-corrected chi connectivity index (χ0v) is 14.7. The molecule has 1 aromatic rings. The fourth-order valence-corrected chi connectivity index (χ4v) is 4.18. The second-order valence-corrected chi connectivity index (χ2v) is 8.04. The third-order valence-corrected chi connectivity index (χ3v) is 5.34. The van der Waals surface area contributed by atoms with Gasteiger partial charge in [0, 0.05) is 0 Å². The zero-order chi connectivity index (χ0) is 18.5. The Balaban J connectivity index is 1.93. The van der Waals surface area contributed by atoms with Gasteiger partial charge in [-0.25, -0.2) is 8.42 Å². The molecule has 25 heavy (non-hydrogen) atoms. The van der Waals surface area contributed by atoms with E-state index in [4.69, 9.17) is 4.74 Å². The van der Waals surface area contributed by atoms with Crippen molar-refractivity contribution >= 4 is 15.7 Å². The third-order valence-electron chi connectivity index (χ3n) is 3.80. The van der Waals surface area contributed by atoms with Crippen molar-refractivity contribution in [3.63, 3.8) is 0 Å². The van der Waals surface area contributed by atoms with Crippen molar-refractivity contribution in [1.29, 1.82) is 0 Å². The Morgan fingerprint density at radius 1 is 1.24 bits per heavy atom. The summed E-state index contributed by atoms with van der Waals surface area (Å²) < 4.78 is 73.3. The summed E-state index contributed by atoms with van der Waals surface area (Å²) in [6, 6.07) is 5.03. The van der Waals surface area contributed by atoms with Crippen LogP contribution in [0.25, 0.3) is 0 Å². The van der Waals surface area contributed by atoms with Crippen LogP contribution in [0.15, 0.2) is 24.3 Å². The first-order valence-corrected chi connectivity index (χ1v) is 9.77. The van der Waals surface area contributed by atoms with Crippen LogP contribution in [0.2, 0.25) is 0 Å². The van der Waals surface area contributed by atoms with Gasteiger partial charge in [-0.2, -0.15) is 0 Å². The van der Waals surface area contributed by atoms with Crippen molar-refractivity contribution in [1.82, 2.24) is 0 Å². The van der Waals surface area contributed by atoms with Gasteiger partial charge >= 0.3 is 6.36 Å². The molecule has 0 bridgehead atoms. The molecule has 1 aliphatic carbocycles. The molecule has 0 heterocycles. The Kier molecular flexibility index (Phi) is 6.56. The van der Waals surface area contributed by atoms with E-state index in [-0.39, 0.29) is 23.5 Å². The molecule has 0 radical (unpaired) electrons. The summed E-state index contributed by atoms with van der Waals surface area (Å²) in [5.74, 6) is -1.12. The maximum atomic E-state index is 12.4. The highest BCUT2D eigenvalue weighted by Gasteiger charge is 2.32. The monoisotopic (exact) mass is 381 g/mol. The molecule has 5 nitrogen and oxygen atoms in total. The number of sulfonamides is 1. The molecule has 1 atom stereocenters. The first kappa shape index (κ1) is 19.8. The SMILES string of the molecule is C[C@H](COC1CCCC1)CS(=O)(=O)Nc1ccccc1OC(F)(F)F. The molecule has 0 aliphatic heterocycles. The predicted molar refractivity (Wildman–Crippen MR) is 87.9 cm³/mol. The van der Waals surface area contributed by atoms with Gasteiger partial charge in [-0.1, -0.05) is 31.9 Å². The van der Waals surface area contributed by atoms with Crippen LogP contribution in [0, 0.1) is 5.92 Å². The Morgan fingerprint density at radius 3 is 2.52 bits per heavy atom. The quantitative estimate of drug-likeness (QED) is 0.741. The average molecular weight is 381 g/mol. The molecule has 1 saturated carbocycles. The molecule has 0 aromatic heterocycles. The van der Waals surface area contributed by atoms with E-state index < -0.39 is 22.1 Å². The fraction of sp³-hybridized carbons (Fsp3) is 0.625. The van der Waals surface area contributed by atoms with Crippen molar-refractivity contribution in [3.05, 3.63) is 24.3 Å². The molecule has 0 saturated heterocycles. The summed E-state index contributed by atoms with van der Waals surface area (Å²) in [7, 11) is -3.84. The lowest BCUT2D eigenvalue weighted by atomic mass is 10.2. The van der Waals surface area contributed by atoms with Gasteiger partial charge < -0.3 is 9.47 Å². The smallest absolute Gasteiger partial charge is 0.404 e. The summed E-state index contributed by atoms with van der Waals surface area (Å²) >= 11 is 0. The Hall–Kier alpha value is -1.48. The van der Waals surface area contributed by atoms with E-state index in [0.717, 1.165) is 31.7 Å². The standard InChI is InChI=1S/C16H22F3NO4S/c1-12(10-23-13-6-2-3-7-13)11-25(21,22)20-14-8-4-5-9-15(14)24-16(17,18)19/h4-5,8-9,12-13,20H,2-3,6-7,10-11H2,1H3/t12-/m1/s1. The van der Waals surface area contributed by atoms with E-state index >= 15 is 0 Å². The van der Waals surface area contributed by atoms with Crippen molar-refractivity contribution in [2.75, 3.05) is 17.1 Å². The molecular weight excluding hydrogens is 359 g/mol. The number of alkyl halides is 3. The van der Waals surface area contributed by atoms with Gasteiger partial charge in [0.2, 0.25) is 10.0 Å². The molecule has 1 aliphatic rings. The lowest BCUT2D eigenvalue weighted by Gasteiger charge is -2.18. The van der Waals surface area contributed by atoms with Gasteiger partial charge in [0.05, 0.1) is 24.2 Å². The number of hydrogen-bond acceptors (Lipinski definition) is 4. The normalized spacial score (nSPS) is 17.4. The molecule has 0 spiro atoms. The van der Waals surface area contributed by atoms with E-state index in [2.05, 4.69) is 9.46 Å². The minimum absolute atomic E-state index is 0.180. The van der Waals surface area contributed by atoms with Crippen LogP contribution in [-0.2, 0) is 14.8 Å². The molecule has 2 rings (SSSR count). The number of hydrogen-bond donors (Lipinski definition) is 1. The molecular formula is C16H22F3NO4S. The predicted octanol–water partition coefficient (Wildman–Crippen LogP) is 3.92. The van der Waals surface area contributed by atoms with E-state index in [1.807, 2.05) is 0 Å². The fourth-order valence-electron chi connectivity index (χ4n) is 2.75. The first-order valence-electron chi connectivity index (χ1n) is 8.11. The van der Waals surface area contributed by atoms with Crippen molar-refractivity contribution in [2.24, 2.45) is 5.92 Å². The molecule has 1 fully saturated rings. The number of para-hydroxylation sites is 2. The van der Waals surface area contributed by atoms with Gasteiger partial charge in [-0.05, 0) is 30.9 Å². The minimum atomic E-state index is -4.90. The zero-order valence-electron chi connectivity index (χ0n) is 13.9. The van der Waals surface area contributed by atoms with E-state index in [9.17, 15) is 21.6 Å². The number of halogens is 3. The van der Waals surface area contributed by atoms with Crippen molar-refractivity contribution < 1.29 is 31.1 Å². The molecule has 1 N–H and O–H groups in total. The number of rotatable bonds is 8. The van der Waals surface area contributed by atoms with Crippen molar-refractivity contribution in [3.8, 4) is 5.75 Å². The molecule has 1 aromatic carbocycles. The molecule has 9 heteroatoms. The van der Waals surface area contributed by atoms with Gasteiger partial charge in [-0.3, -0.25) is 4.72 Å². The lowest BCUT2D eigenvalue weighted by Crippen LogP contribution is -2.26. The summed E-state index contributed by atoms with van der Waals surface area (Å²) in [6.45, 7) is 2.03. The van der Waals surface area contributed by atoms with Crippen LogP contribution in [0.4, 0.5) is 18.9 Å². The van der Waals surface area contributed by atoms with E-state index in [1.165, 1.54) is 18.2 Å². The number of anilines is 1. The Labute approximate surface area is 145 Å². The van der Waals surface area contributed by atoms with E-state index in [1.54, 1.807) is 6.92 Å². The van der Waals surface area contributed by atoms with Gasteiger partial charge in [0.15, 0.2) is 5.75 Å². The maximum absolute atomic E-state index is 12.4. The maximum Gasteiger partial charge on any atom is 0.573 e. The van der Waals surface area contributed by atoms with Crippen LogP contribution in [0.3, 0.4) is 0 Å². The first-order chi connectivity index (χ1) is 11.6. The Bertz CT molecular complexity index is 658.